The maximum absolute atomic E-state index is 13.2. The second-order valence-corrected chi connectivity index (χ2v) is 8.20. The third-order valence-electron chi connectivity index (χ3n) is 5.03. The normalized spacial score (nSPS) is 18.1. The predicted octanol–water partition coefficient (Wildman–Crippen LogP) is 1.65. The van der Waals surface area contributed by atoms with E-state index >= 15 is 0 Å². The molecule has 4 rings (SSSR count). The quantitative estimate of drug-likeness (QED) is 0.680. The van der Waals surface area contributed by atoms with Crippen LogP contribution in [0.5, 0.6) is 0 Å². The van der Waals surface area contributed by atoms with Crippen molar-refractivity contribution in [3.63, 3.8) is 0 Å². The van der Waals surface area contributed by atoms with Crippen molar-refractivity contribution in [1.82, 2.24) is 34.5 Å². The number of nitrogens with zero attached hydrogens (tertiary/aromatic N) is 7. The van der Waals surface area contributed by atoms with Gasteiger partial charge in [-0.2, -0.15) is 4.68 Å². The summed E-state index contributed by atoms with van der Waals surface area (Å²) in [6.45, 7) is 4.04. The molecule has 0 amide bonds. The Kier molecular flexibility index (Phi) is 4.88. The van der Waals surface area contributed by atoms with Crippen LogP contribution in [-0.4, -0.2) is 59.9 Å². The summed E-state index contributed by atoms with van der Waals surface area (Å²) in [7, 11) is 4.01. The zero-order chi connectivity index (χ0) is 19.0. The van der Waals surface area contributed by atoms with Crippen molar-refractivity contribution < 1.29 is 0 Å². The van der Waals surface area contributed by atoms with E-state index in [-0.39, 0.29) is 5.56 Å². The van der Waals surface area contributed by atoms with Crippen molar-refractivity contribution in [2.75, 3.05) is 20.1 Å². The number of aromatic nitrogens is 6. The van der Waals surface area contributed by atoms with Crippen molar-refractivity contribution in [2.24, 2.45) is 7.05 Å². The molecule has 1 aliphatic rings. The first-order valence-electron chi connectivity index (χ1n) is 9.04. The maximum atomic E-state index is 13.2. The van der Waals surface area contributed by atoms with Gasteiger partial charge in [0, 0.05) is 18.8 Å². The van der Waals surface area contributed by atoms with Gasteiger partial charge in [-0.1, -0.05) is 30.0 Å². The molecule has 8 nitrogen and oxygen atoms in total. The predicted molar refractivity (Wildman–Crippen MR) is 105 cm³/mol. The van der Waals surface area contributed by atoms with Gasteiger partial charge in [-0.15, -0.1) is 5.10 Å². The molecule has 0 spiro atoms. The van der Waals surface area contributed by atoms with E-state index in [2.05, 4.69) is 27.5 Å². The van der Waals surface area contributed by atoms with E-state index < -0.39 is 0 Å². The molecule has 1 aliphatic heterocycles. The molecule has 27 heavy (non-hydrogen) atoms. The topological polar surface area (TPSA) is 73.8 Å². The lowest BCUT2D eigenvalue weighted by Crippen LogP contribution is -2.33. The Labute approximate surface area is 161 Å². The van der Waals surface area contributed by atoms with Gasteiger partial charge >= 0.3 is 0 Å². The van der Waals surface area contributed by atoms with E-state index in [9.17, 15) is 4.79 Å². The molecule has 1 aromatic carbocycles. The van der Waals surface area contributed by atoms with Gasteiger partial charge in [-0.05, 0) is 55.9 Å². The molecular formula is C18H23N7OS. The van der Waals surface area contributed by atoms with Crippen LogP contribution >= 0.6 is 11.8 Å². The van der Waals surface area contributed by atoms with E-state index in [0.29, 0.717) is 16.1 Å². The highest BCUT2D eigenvalue weighted by Gasteiger charge is 2.25. The molecular weight excluding hydrogens is 362 g/mol. The molecule has 1 saturated heterocycles. The maximum Gasteiger partial charge on any atom is 0.297 e. The van der Waals surface area contributed by atoms with Gasteiger partial charge in [0.25, 0.3) is 5.56 Å². The highest BCUT2D eigenvalue weighted by molar-refractivity contribution is 7.99. The molecule has 0 aliphatic carbocycles. The molecule has 0 bridgehead atoms. The van der Waals surface area contributed by atoms with Crippen molar-refractivity contribution in [3.05, 3.63) is 46.4 Å². The second-order valence-electron chi connectivity index (χ2n) is 6.93. The van der Waals surface area contributed by atoms with E-state index in [1.165, 1.54) is 6.42 Å². The molecule has 2 aromatic heterocycles. The monoisotopic (exact) mass is 385 g/mol. The van der Waals surface area contributed by atoms with E-state index in [1.54, 1.807) is 21.1 Å². The van der Waals surface area contributed by atoms with Crippen LogP contribution in [-0.2, 0) is 7.05 Å². The lowest BCUT2D eigenvalue weighted by Gasteiger charge is -2.28. The fourth-order valence-electron chi connectivity index (χ4n) is 3.56. The lowest BCUT2D eigenvalue weighted by molar-refractivity contribution is 0.283. The van der Waals surface area contributed by atoms with E-state index in [1.807, 2.05) is 49.0 Å². The van der Waals surface area contributed by atoms with Gasteiger partial charge in [0.2, 0.25) is 5.16 Å². The summed E-state index contributed by atoms with van der Waals surface area (Å²) in [5, 5.41) is 13.3. The first kappa shape index (κ1) is 18.0. The molecule has 0 N–H and O–H groups in total. The summed E-state index contributed by atoms with van der Waals surface area (Å²) >= 11 is 1.65. The minimum atomic E-state index is -0.129. The van der Waals surface area contributed by atoms with Crippen LogP contribution in [0.4, 0.5) is 0 Å². The van der Waals surface area contributed by atoms with Crippen LogP contribution in [0.15, 0.2) is 40.3 Å². The fourth-order valence-corrected chi connectivity index (χ4v) is 4.78. The van der Waals surface area contributed by atoms with Crippen molar-refractivity contribution in [3.8, 4) is 11.4 Å². The Morgan fingerprint density at radius 1 is 1.19 bits per heavy atom. The standard InChI is InChI=1S/C18H23N7OS/c1-13-16(17(26)25(23(13)3)14-8-5-4-6-9-14)24-18(19-20-21-24)27-15-10-7-11-22(2)12-15/h4-6,8-9,15H,7,10-12H2,1-3H3. The number of piperidine rings is 1. The molecule has 1 unspecified atom stereocenters. The summed E-state index contributed by atoms with van der Waals surface area (Å²) in [5.74, 6) is 0. The van der Waals surface area contributed by atoms with Gasteiger partial charge in [-0.3, -0.25) is 9.48 Å². The largest absolute Gasteiger partial charge is 0.305 e. The molecule has 0 saturated carbocycles. The molecule has 9 heteroatoms. The highest BCUT2D eigenvalue weighted by atomic mass is 32.2. The Morgan fingerprint density at radius 2 is 1.96 bits per heavy atom. The summed E-state index contributed by atoms with van der Waals surface area (Å²) in [4.78, 5) is 15.5. The molecule has 1 atom stereocenters. The van der Waals surface area contributed by atoms with Crippen LogP contribution < -0.4 is 5.56 Å². The minimum absolute atomic E-state index is 0.129. The average Bonchev–Trinajstić information content (AvgIpc) is 3.18. The van der Waals surface area contributed by atoms with Crippen LogP contribution in [0, 0.1) is 6.92 Å². The number of hydrogen-bond donors (Lipinski definition) is 0. The number of likely N-dealkylation sites (tertiary alicyclic amines) is 1. The minimum Gasteiger partial charge on any atom is -0.305 e. The summed E-state index contributed by atoms with van der Waals surface area (Å²) in [6.07, 6.45) is 2.30. The Bertz CT molecular complexity index is 991. The SMILES string of the molecule is Cc1c(-n2nnnc2SC2CCCN(C)C2)c(=O)n(-c2ccccc2)n1C. The Morgan fingerprint density at radius 3 is 2.70 bits per heavy atom. The second kappa shape index (κ2) is 7.32. The third kappa shape index (κ3) is 3.32. The van der Waals surface area contributed by atoms with Gasteiger partial charge in [0.05, 0.1) is 11.4 Å². The van der Waals surface area contributed by atoms with E-state index in [4.69, 9.17) is 0 Å². The smallest absolute Gasteiger partial charge is 0.297 e. The first-order chi connectivity index (χ1) is 13.1. The van der Waals surface area contributed by atoms with Crippen LogP contribution in [0.1, 0.15) is 18.5 Å². The van der Waals surface area contributed by atoms with Gasteiger partial charge in [-0.25, -0.2) is 4.68 Å². The highest BCUT2D eigenvalue weighted by Crippen LogP contribution is 2.28. The number of benzene rings is 1. The number of hydrogen-bond acceptors (Lipinski definition) is 6. The van der Waals surface area contributed by atoms with Gasteiger partial charge < -0.3 is 4.90 Å². The van der Waals surface area contributed by atoms with Crippen molar-refractivity contribution >= 4 is 11.8 Å². The van der Waals surface area contributed by atoms with Crippen molar-refractivity contribution in [1.29, 1.82) is 0 Å². The van der Waals surface area contributed by atoms with Crippen molar-refractivity contribution in [2.45, 2.75) is 30.2 Å². The molecule has 0 radical (unpaired) electrons. The van der Waals surface area contributed by atoms with Crippen LogP contribution in [0.3, 0.4) is 0 Å². The molecule has 142 valence electrons. The van der Waals surface area contributed by atoms with Gasteiger partial charge in [0.1, 0.15) is 0 Å². The number of tetrazole rings is 1. The Balaban J connectivity index is 1.73. The zero-order valence-corrected chi connectivity index (χ0v) is 16.6. The summed E-state index contributed by atoms with van der Waals surface area (Å²) < 4.78 is 5.09. The average molecular weight is 385 g/mol. The lowest BCUT2D eigenvalue weighted by atomic mass is 10.1. The third-order valence-corrected chi connectivity index (χ3v) is 6.21. The summed E-state index contributed by atoms with van der Waals surface area (Å²) in [5.41, 5.74) is 2.00. The first-order valence-corrected chi connectivity index (χ1v) is 9.92. The fraction of sp³-hybridized carbons (Fsp3) is 0.444. The Hall–Kier alpha value is -2.39. The number of rotatable bonds is 4. The molecule has 1 fully saturated rings. The molecule has 3 heterocycles. The zero-order valence-electron chi connectivity index (χ0n) is 15.7. The van der Waals surface area contributed by atoms with Crippen LogP contribution in [0.25, 0.3) is 11.4 Å². The van der Waals surface area contributed by atoms with Gasteiger partial charge in [0.15, 0.2) is 5.69 Å². The summed E-state index contributed by atoms with van der Waals surface area (Å²) in [6, 6.07) is 9.60. The number of thioether (sulfide) groups is 1. The molecule has 3 aromatic rings. The number of para-hydroxylation sites is 1. The van der Waals surface area contributed by atoms with E-state index in [0.717, 1.165) is 30.9 Å². The van der Waals surface area contributed by atoms with Crippen LogP contribution in [0.2, 0.25) is 0 Å².